The lowest BCUT2D eigenvalue weighted by molar-refractivity contribution is 0.252. The molecule has 0 unspecified atom stereocenters. The summed E-state index contributed by atoms with van der Waals surface area (Å²) in [5.41, 5.74) is 1.71. The van der Waals surface area contributed by atoms with Gasteiger partial charge in [-0.1, -0.05) is 12.1 Å². The molecule has 0 aliphatic rings. The zero-order valence-corrected chi connectivity index (χ0v) is 17.2. The Kier molecular flexibility index (Phi) is 6.99. The van der Waals surface area contributed by atoms with Crippen LogP contribution in [0.15, 0.2) is 48.7 Å². The summed E-state index contributed by atoms with van der Waals surface area (Å²) >= 11 is 0. The Morgan fingerprint density at radius 2 is 1.80 bits per heavy atom. The van der Waals surface area contributed by atoms with Crippen molar-refractivity contribution in [1.29, 1.82) is 0 Å². The van der Waals surface area contributed by atoms with Gasteiger partial charge in [-0.15, -0.1) is 0 Å². The number of nitrogens with zero attached hydrogens (tertiary/aromatic N) is 3. The summed E-state index contributed by atoms with van der Waals surface area (Å²) in [6.45, 7) is 4.73. The first kappa shape index (κ1) is 20.8. The van der Waals surface area contributed by atoms with Crippen LogP contribution in [0, 0.1) is 13.8 Å². The molecule has 3 aromatic rings. The number of ether oxygens (including phenoxy) is 1. The first-order chi connectivity index (χ1) is 14.5. The van der Waals surface area contributed by atoms with Crippen LogP contribution in [0.4, 0.5) is 27.9 Å². The highest BCUT2D eigenvalue weighted by Gasteiger charge is 2.07. The van der Waals surface area contributed by atoms with Gasteiger partial charge in [0.25, 0.3) is 0 Å². The van der Waals surface area contributed by atoms with Crippen molar-refractivity contribution < 1.29 is 9.53 Å². The minimum Gasteiger partial charge on any atom is -0.495 e. The molecule has 0 spiro atoms. The third-order valence-corrected chi connectivity index (χ3v) is 4.08. The molecule has 9 heteroatoms. The number of hydrogen-bond donors (Lipinski definition) is 4. The zero-order valence-electron chi connectivity index (χ0n) is 17.2. The van der Waals surface area contributed by atoms with E-state index in [0.717, 1.165) is 5.56 Å². The second-order valence-electron chi connectivity index (χ2n) is 6.54. The number of carbonyl (C=O) groups is 1. The Morgan fingerprint density at radius 1 is 1.00 bits per heavy atom. The number of benzene rings is 1. The quantitative estimate of drug-likeness (QED) is 0.423. The summed E-state index contributed by atoms with van der Waals surface area (Å²) < 4.78 is 5.22. The van der Waals surface area contributed by atoms with Crippen molar-refractivity contribution in [2.24, 2.45) is 0 Å². The van der Waals surface area contributed by atoms with E-state index in [2.05, 4.69) is 36.2 Å². The van der Waals surface area contributed by atoms with E-state index in [1.165, 1.54) is 0 Å². The molecule has 30 heavy (non-hydrogen) atoms. The number of anilines is 4. The Hall–Kier alpha value is -3.88. The molecule has 2 aromatic heterocycles. The molecule has 0 atom stereocenters. The molecule has 0 aliphatic heterocycles. The number of rotatable bonds is 8. The molecule has 0 bridgehead atoms. The van der Waals surface area contributed by atoms with E-state index < -0.39 is 0 Å². The van der Waals surface area contributed by atoms with Crippen LogP contribution in [0.3, 0.4) is 0 Å². The van der Waals surface area contributed by atoms with Crippen LogP contribution < -0.4 is 26.0 Å². The number of hydrogen-bond acceptors (Lipinski definition) is 7. The number of carbonyl (C=O) groups excluding carboxylic acids is 1. The number of nitrogens with one attached hydrogen (secondary N) is 4. The molecule has 2 amide bonds. The van der Waals surface area contributed by atoms with Gasteiger partial charge >= 0.3 is 6.03 Å². The van der Waals surface area contributed by atoms with Crippen LogP contribution in [0.2, 0.25) is 0 Å². The second kappa shape index (κ2) is 10.1. The van der Waals surface area contributed by atoms with Crippen molar-refractivity contribution in [1.82, 2.24) is 20.3 Å². The summed E-state index contributed by atoms with van der Waals surface area (Å²) in [5.74, 6) is 3.24. The van der Waals surface area contributed by atoms with Crippen LogP contribution >= 0.6 is 0 Å². The van der Waals surface area contributed by atoms with Crippen molar-refractivity contribution in [3.63, 3.8) is 0 Å². The molecule has 9 nitrogen and oxygen atoms in total. The average Bonchev–Trinajstić information content (AvgIpc) is 2.71. The Bertz CT molecular complexity index is 1010. The van der Waals surface area contributed by atoms with Gasteiger partial charge in [0.15, 0.2) is 0 Å². The first-order valence-electron chi connectivity index (χ1n) is 9.50. The Morgan fingerprint density at radius 3 is 2.60 bits per heavy atom. The second-order valence-corrected chi connectivity index (χ2v) is 6.54. The van der Waals surface area contributed by atoms with Crippen molar-refractivity contribution in [3.8, 4) is 5.75 Å². The molecule has 1 aromatic carbocycles. The molecule has 2 heterocycles. The van der Waals surface area contributed by atoms with E-state index >= 15 is 0 Å². The minimum atomic E-state index is -0.312. The number of amides is 2. The third kappa shape index (κ3) is 6.06. The van der Waals surface area contributed by atoms with Gasteiger partial charge in [0.05, 0.1) is 12.8 Å². The minimum absolute atomic E-state index is 0.312. The fraction of sp³-hybridized carbons (Fsp3) is 0.238. The Balaban J connectivity index is 1.50. The maximum atomic E-state index is 12.1. The van der Waals surface area contributed by atoms with Crippen LogP contribution in [-0.2, 0) is 0 Å². The SMILES string of the molecule is COc1ccccc1NC(=O)NCCNc1cc(Nc2cc(C)ccn2)nc(C)n1. The fourth-order valence-electron chi connectivity index (χ4n) is 2.74. The predicted octanol–water partition coefficient (Wildman–Crippen LogP) is 3.47. The lowest BCUT2D eigenvalue weighted by atomic mass is 10.3. The van der Waals surface area contributed by atoms with E-state index in [1.807, 2.05) is 38.1 Å². The van der Waals surface area contributed by atoms with Gasteiger partial charge in [0.2, 0.25) is 0 Å². The van der Waals surface area contributed by atoms with E-state index in [-0.39, 0.29) is 6.03 Å². The van der Waals surface area contributed by atoms with Gasteiger partial charge in [-0.3, -0.25) is 0 Å². The number of urea groups is 1. The first-order valence-corrected chi connectivity index (χ1v) is 9.50. The van der Waals surface area contributed by atoms with Crippen LogP contribution in [0.25, 0.3) is 0 Å². The standard InChI is InChI=1S/C21H25N7O2/c1-14-8-9-22-18(12-14)28-20-13-19(25-15(2)26-20)23-10-11-24-21(29)27-16-6-4-5-7-17(16)30-3/h4-9,12-13H,10-11H2,1-3H3,(H2,24,27,29)(H2,22,23,25,26,28). The third-order valence-electron chi connectivity index (χ3n) is 4.08. The number of aromatic nitrogens is 3. The van der Waals surface area contributed by atoms with Crippen LogP contribution in [0.5, 0.6) is 5.75 Å². The van der Waals surface area contributed by atoms with Gasteiger partial charge in [-0.25, -0.2) is 19.7 Å². The van der Waals surface area contributed by atoms with Gasteiger partial charge in [-0.05, 0) is 43.7 Å². The topological polar surface area (TPSA) is 113 Å². The lowest BCUT2D eigenvalue weighted by Crippen LogP contribution is -2.32. The number of aryl methyl sites for hydroxylation is 2. The normalized spacial score (nSPS) is 10.2. The molecule has 0 saturated carbocycles. The largest absolute Gasteiger partial charge is 0.495 e. The number of pyridine rings is 1. The van der Waals surface area contributed by atoms with Crippen LogP contribution in [0.1, 0.15) is 11.4 Å². The highest BCUT2D eigenvalue weighted by Crippen LogP contribution is 2.22. The average molecular weight is 407 g/mol. The van der Waals surface area contributed by atoms with Gasteiger partial charge < -0.3 is 26.0 Å². The smallest absolute Gasteiger partial charge is 0.319 e. The predicted molar refractivity (Wildman–Crippen MR) is 118 cm³/mol. The lowest BCUT2D eigenvalue weighted by Gasteiger charge is -2.12. The van der Waals surface area contributed by atoms with E-state index in [4.69, 9.17) is 4.74 Å². The van der Waals surface area contributed by atoms with Crippen LogP contribution in [-0.4, -0.2) is 41.2 Å². The highest BCUT2D eigenvalue weighted by molar-refractivity contribution is 5.90. The summed E-state index contributed by atoms with van der Waals surface area (Å²) in [6, 6.07) is 12.6. The van der Waals surface area contributed by atoms with Crippen molar-refractivity contribution in [2.45, 2.75) is 13.8 Å². The zero-order chi connectivity index (χ0) is 21.3. The molecular weight excluding hydrogens is 382 g/mol. The molecule has 0 aliphatic carbocycles. The molecule has 0 radical (unpaired) electrons. The number of para-hydroxylation sites is 2. The van der Waals surface area contributed by atoms with Crippen molar-refractivity contribution >= 4 is 29.2 Å². The molecule has 0 fully saturated rings. The van der Waals surface area contributed by atoms with Crippen molar-refractivity contribution in [3.05, 3.63) is 60.0 Å². The summed E-state index contributed by atoms with van der Waals surface area (Å²) in [7, 11) is 1.56. The molecule has 3 rings (SSSR count). The molecular formula is C21H25N7O2. The van der Waals surface area contributed by atoms with Gasteiger partial charge in [-0.2, -0.15) is 0 Å². The van der Waals surface area contributed by atoms with Gasteiger partial charge in [0.1, 0.15) is 29.0 Å². The molecule has 0 saturated heterocycles. The highest BCUT2D eigenvalue weighted by atomic mass is 16.5. The van der Waals surface area contributed by atoms with Crippen molar-refractivity contribution in [2.75, 3.05) is 36.1 Å². The maximum absolute atomic E-state index is 12.1. The number of methoxy groups -OCH3 is 1. The van der Waals surface area contributed by atoms with E-state index in [9.17, 15) is 4.79 Å². The summed E-state index contributed by atoms with van der Waals surface area (Å²) in [5, 5.41) is 11.9. The summed E-state index contributed by atoms with van der Waals surface area (Å²) in [6.07, 6.45) is 1.74. The Labute approximate surface area is 175 Å². The fourth-order valence-corrected chi connectivity index (χ4v) is 2.74. The summed E-state index contributed by atoms with van der Waals surface area (Å²) in [4.78, 5) is 25.1. The van der Waals surface area contributed by atoms with Gasteiger partial charge in [0, 0.05) is 25.4 Å². The molecule has 4 N–H and O–H groups in total. The molecule has 156 valence electrons. The van der Waals surface area contributed by atoms with E-state index in [1.54, 1.807) is 31.5 Å². The maximum Gasteiger partial charge on any atom is 0.319 e. The van der Waals surface area contributed by atoms with E-state index in [0.29, 0.717) is 47.8 Å². The monoisotopic (exact) mass is 407 g/mol.